The van der Waals surface area contributed by atoms with Crippen LogP contribution in [0.3, 0.4) is 0 Å². The molecular formula is C34H64O4. The minimum atomic E-state index is -0.0638. The highest BCUT2D eigenvalue weighted by molar-refractivity contribution is 5.75. The molecule has 224 valence electrons. The van der Waals surface area contributed by atoms with Crippen LogP contribution >= 0.6 is 0 Å². The summed E-state index contributed by atoms with van der Waals surface area (Å²) in [5.74, 6) is -0.232. The zero-order chi connectivity index (χ0) is 28.3. The summed E-state index contributed by atoms with van der Waals surface area (Å²) in [7, 11) is 0. The number of rotatable bonds is 22. The van der Waals surface area contributed by atoms with Crippen LogP contribution in [-0.4, -0.2) is 25.2 Å². The third-order valence-corrected chi connectivity index (χ3v) is 8.79. The zero-order valence-corrected chi connectivity index (χ0v) is 26.3. The normalized spacial score (nSPS) is 18.4. The fourth-order valence-corrected chi connectivity index (χ4v) is 5.91. The van der Waals surface area contributed by atoms with Gasteiger partial charge in [0, 0.05) is 0 Å². The lowest BCUT2D eigenvalue weighted by Crippen LogP contribution is -2.28. The van der Waals surface area contributed by atoms with Crippen LogP contribution < -0.4 is 0 Å². The summed E-state index contributed by atoms with van der Waals surface area (Å²) >= 11 is 0. The van der Waals surface area contributed by atoms with Gasteiger partial charge in [0.15, 0.2) is 0 Å². The van der Waals surface area contributed by atoms with Gasteiger partial charge in [0.2, 0.25) is 0 Å². The van der Waals surface area contributed by atoms with Crippen LogP contribution in [0.1, 0.15) is 170 Å². The molecule has 1 rings (SSSR count). The van der Waals surface area contributed by atoms with E-state index >= 15 is 0 Å². The Morgan fingerprint density at radius 2 is 0.842 bits per heavy atom. The minimum Gasteiger partial charge on any atom is -0.465 e. The number of unbranched alkanes of at least 4 members (excludes halogenated alkanes) is 8. The molecule has 1 aliphatic carbocycles. The number of hydrogen-bond acceptors (Lipinski definition) is 4. The van der Waals surface area contributed by atoms with Crippen LogP contribution in [0.5, 0.6) is 0 Å². The summed E-state index contributed by atoms with van der Waals surface area (Å²) in [4.78, 5) is 25.1. The first-order chi connectivity index (χ1) is 18.1. The quantitative estimate of drug-likeness (QED) is 0.102. The summed E-state index contributed by atoms with van der Waals surface area (Å²) in [6.07, 6.45) is 22.8. The Labute approximate surface area is 236 Å². The molecule has 4 nitrogen and oxygen atoms in total. The highest BCUT2D eigenvalue weighted by Gasteiger charge is 2.31. The van der Waals surface area contributed by atoms with Gasteiger partial charge in [-0.3, -0.25) is 9.59 Å². The van der Waals surface area contributed by atoms with Crippen LogP contribution in [0.15, 0.2) is 0 Å². The van der Waals surface area contributed by atoms with E-state index < -0.39 is 0 Å². The summed E-state index contributed by atoms with van der Waals surface area (Å²) in [6, 6.07) is 0. The van der Waals surface area contributed by atoms with Crippen molar-refractivity contribution in [3.05, 3.63) is 0 Å². The van der Waals surface area contributed by atoms with Crippen molar-refractivity contribution in [3.8, 4) is 0 Å². The van der Waals surface area contributed by atoms with Crippen molar-refractivity contribution in [1.82, 2.24) is 0 Å². The molecule has 0 saturated heterocycles. The molecule has 0 unspecified atom stereocenters. The third kappa shape index (κ3) is 16.8. The molecular weight excluding hydrogens is 472 g/mol. The van der Waals surface area contributed by atoms with E-state index in [1.165, 1.54) is 77.0 Å². The second-order valence-electron chi connectivity index (χ2n) is 13.7. The first kappa shape index (κ1) is 35.0. The van der Waals surface area contributed by atoms with Crippen LogP contribution in [0.25, 0.3) is 0 Å². The van der Waals surface area contributed by atoms with Gasteiger partial charge in [-0.15, -0.1) is 0 Å². The van der Waals surface area contributed by atoms with Crippen molar-refractivity contribution in [2.75, 3.05) is 13.2 Å². The number of carbonyl (C=O) groups excluding carboxylic acids is 2. The van der Waals surface area contributed by atoms with Gasteiger partial charge in [-0.25, -0.2) is 0 Å². The van der Waals surface area contributed by atoms with E-state index in [1.807, 2.05) is 0 Å². The number of hydrogen-bond donors (Lipinski definition) is 0. The Kier molecular flexibility index (Phi) is 18.3. The Morgan fingerprint density at radius 3 is 1.18 bits per heavy atom. The van der Waals surface area contributed by atoms with Crippen molar-refractivity contribution in [1.29, 1.82) is 0 Å². The molecule has 1 aliphatic rings. The maximum Gasteiger partial charge on any atom is 0.308 e. The molecule has 38 heavy (non-hydrogen) atoms. The Balaban J connectivity index is 2.14. The van der Waals surface area contributed by atoms with Crippen LogP contribution in [0.4, 0.5) is 0 Å². The molecule has 1 fully saturated rings. The molecule has 0 atom stereocenters. The lowest BCUT2D eigenvalue weighted by Gasteiger charge is -2.27. The smallest absolute Gasteiger partial charge is 0.308 e. The predicted molar refractivity (Wildman–Crippen MR) is 160 cm³/mol. The molecule has 0 radical (unpaired) electrons. The summed E-state index contributed by atoms with van der Waals surface area (Å²) < 4.78 is 11.3. The van der Waals surface area contributed by atoms with Gasteiger partial charge in [-0.1, -0.05) is 106 Å². The first-order valence-corrected chi connectivity index (χ1v) is 16.4. The van der Waals surface area contributed by atoms with Gasteiger partial charge in [-0.05, 0) is 75.0 Å². The zero-order valence-electron chi connectivity index (χ0n) is 26.3. The van der Waals surface area contributed by atoms with Crippen molar-refractivity contribution in [2.24, 2.45) is 22.7 Å². The summed E-state index contributed by atoms with van der Waals surface area (Å²) in [5.41, 5.74) is 0.641. The molecule has 0 bridgehead atoms. The molecule has 1 saturated carbocycles. The summed E-state index contributed by atoms with van der Waals surface area (Å²) in [5, 5.41) is 0. The van der Waals surface area contributed by atoms with E-state index in [1.54, 1.807) is 0 Å². The maximum absolute atomic E-state index is 12.6. The topological polar surface area (TPSA) is 52.6 Å². The van der Waals surface area contributed by atoms with Gasteiger partial charge in [-0.2, -0.15) is 0 Å². The van der Waals surface area contributed by atoms with E-state index in [4.69, 9.17) is 9.47 Å². The van der Waals surface area contributed by atoms with Crippen molar-refractivity contribution >= 4 is 11.9 Å². The minimum absolute atomic E-state index is 0.0521. The molecule has 0 aromatic carbocycles. The molecule has 0 aliphatic heterocycles. The second-order valence-corrected chi connectivity index (χ2v) is 13.7. The Morgan fingerprint density at radius 1 is 0.526 bits per heavy atom. The third-order valence-electron chi connectivity index (χ3n) is 8.79. The monoisotopic (exact) mass is 536 g/mol. The number of ether oxygens (including phenoxy) is 2. The molecule has 0 N–H and O–H groups in total. The van der Waals surface area contributed by atoms with E-state index in [0.29, 0.717) is 24.0 Å². The standard InChI is InChI=1S/C34H64O4/c1-7-9-11-13-15-23-33(3,4)25-17-27-37-31(35)29-19-21-30(22-20-29)32(36)38-28-18-26-34(5,6)24-16-14-12-10-8-2/h29-30H,7-28H2,1-6H3. The Hall–Kier alpha value is -1.06. The van der Waals surface area contributed by atoms with Crippen molar-refractivity contribution < 1.29 is 19.1 Å². The second kappa shape index (κ2) is 19.9. The molecule has 0 aromatic heterocycles. The lowest BCUT2D eigenvalue weighted by molar-refractivity contribution is -0.155. The molecule has 0 spiro atoms. The summed E-state index contributed by atoms with van der Waals surface area (Å²) in [6.45, 7) is 14.9. The van der Waals surface area contributed by atoms with Crippen LogP contribution in [-0.2, 0) is 19.1 Å². The highest BCUT2D eigenvalue weighted by Crippen LogP contribution is 2.33. The van der Waals surface area contributed by atoms with E-state index in [9.17, 15) is 9.59 Å². The largest absolute Gasteiger partial charge is 0.465 e. The first-order valence-electron chi connectivity index (χ1n) is 16.4. The lowest BCUT2D eigenvalue weighted by atomic mass is 9.82. The van der Waals surface area contributed by atoms with Gasteiger partial charge < -0.3 is 9.47 Å². The number of esters is 2. The molecule has 0 heterocycles. The number of carbonyl (C=O) groups is 2. The predicted octanol–water partition coefficient (Wildman–Crippen LogP) is 10.2. The SMILES string of the molecule is CCCCCCCC(C)(C)CCCOC(=O)C1CCC(C(=O)OCCCC(C)(C)CCCCCCC)CC1. The van der Waals surface area contributed by atoms with Gasteiger partial charge in [0.05, 0.1) is 25.0 Å². The van der Waals surface area contributed by atoms with Crippen LogP contribution in [0, 0.1) is 22.7 Å². The van der Waals surface area contributed by atoms with Gasteiger partial charge in [0.25, 0.3) is 0 Å². The fraction of sp³-hybridized carbons (Fsp3) is 0.941. The maximum atomic E-state index is 12.6. The Bertz CT molecular complexity index is 562. The average Bonchev–Trinajstić information content (AvgIpc) is 2.88. The van der Waals surface area contributed by atoms with Crippen LogP contribution in [0.2, 0.25) is 0 Å². The van der Waals surface area contributed by atoms with Gasteiger partial charge >= 0.3 is 11.9 Å². The molecule has 4 heteroatoms. The van der Waals surface area contributed by atoms with Gasteiger partial charge in [0.1, 0.15) is 0 Å². The van der Waals surface area contributed by atoms with E-state index in [-0.39, 0.29) is 23.8 Å². The van der Waals surface area contributed by atoms with E-state index in [2.05, 4.69) is 41.5 Å². The fourth-order valence-electron chi connectivity index (χ4n) is 5.91. The van der Waals surface area contributed by atoms with Crippen molar-refractivity contribution in [2.45, 2.75) is 170 Å². The van der Waals surface area contributed by atoms with Crippen molar-refractivity contribution in [3.63, 3.8) is 0 Å². The van der Waals surface area contributed by atoms with E-state index in [0.717, 1.165) is 51.4 Å². The highest BCUT2D eigenvalue weighted by atomic mass is 16.5. The molecule has 0 aromatic rings. The molecule has 0 amide bonds. The average molecular weight is 537 g/mol.